The highest BCUT2D eigenvalue weighted by Crippen LogP contribution is 2.13. The molecule has 0 saturated carbocycles. The van der Waals surface area contributed by atoms with Crippen LogP contribution in [0.4, 0.5) is 4.39 Å². The predicted molar refractivity (Wildman–Crippen MR) is 58.4 cm³/mol. The van der Waals surface area contributed by atoms with Crippen molar-refractivity contribution in [1.29, 1.82) is 0 Å². The molecule has 0 heterocycles. The summed E-state index contributed by atoms with van der Waals surface area (Å²) in [7, 11) is 0. The van der Waals surface area contributed by atoms with Crippen LogP contribution in [0, 0.1) is 9.39 Å². The van der Waals surface area contributed by atoms with Crippen molar-refractivity contribution in [2.45, 2.75) is 12.5 Å². The van der Waals surface area contributed by atoms with E-state index in [1.807, 2.05) is 22.6 Å². The molecule has 0 aliphatic rings. The Bertz CT molecular complexity index is 357. The van der Waals surface area contributed by atoms with E-state index in [1.54, 1.807) is 12.1 Å². The molecule has 0 saturated heterocycles. The lowest BCUT2D eigenvalue weighted by molar-refractivity contribution is -0.138. The van der Waals surface area contributed by atoms with Crippen LogP contribution in [-0.4, -0.2) is 17.1 Å². The molecule has 1 rings (SSSR count). The molecule has 3 N–H and O–H groups in total. The molecule has 0 unspecified atom stereocenters. The number of aliphatic carboxylic acids is 1. The average Bonchev–Trinajstić information content (AvgIpc) is 2.11. The maximum Gasteiger partial charge on any atom is 0.320 e. The van der Waals surface area contributed by atoms with E-state index >= 15 is 0 Å². The van der Waals surface area contributed by atoms with Crippen LogP contribution < -0.4 is 5.73 Å². The smallest absolute Gasteiger partial charge is 0.320 e. The number of benzene rings is 1. The van der Waals surface area contributed by atoms with Gasteiger partial charge in [-0.1, -0.05) is 0 Å². The lowest BCUT2D eigenvalue weighted by atomic mass is 10.1. The van der Waals surface area contributed by atoms with Gasteiger partial charge in [-0.05, 0) is 46.4 Å². The van der Waals surface area contributed by atoms with Gasteiger partial charge in [0.2, 0.25) is 0 Å². The largest absolute Gasteiger partial charge is 0.480 e. The lowest BCUT2D eigenvalue weighted by Crippen LogP contribution is -2.32. The fourth-order valence-electron chi connectivity index (χ4n) is 1.02. The van der Waals surface area contributed by atoms with E-state index in [2.05, 4.69) is 0 Å². The zero-order valence-corrected chi connectivity index (χ0v) is 9.36. The molecule has 1 aromatic rings. The van der Waals surface area contributed by atoms with Gasteiger partial charge in [0.15, 0.2) is 0 Å². The summed E-state index contributed by atoms with van der Waals surface area (Å²) >= 11 is 2.03. The Hall–Kier alpha value is -0.690. The molecule has 14 heavy (non-hydrogen) atoms. The topological polar surface area (TPSA) is 63.3 Å². The Morgan fingerprint density at radius 2 is 2.29 bits per heavy atom. The van der Waals surface area contributed by atoms with Crippen molar-refractivity contribution in [3.8, 4) is 0 Å². The van der Waals surface area contributed by atoms with E-state index in [1.165, 1.54) is 6.07 Å². The Morgan fingerprint density at radius 1 is 1.64 bits per heavy atom. The number of carboxylic acid groups (broad SMARTS) is 1. The van der Waals surface area contributed by atoms with E-state index in [0.717, 1.165) is 3.57 Å². The third-order valence-electron chi connectivity index (χ3n) is 1.76. The van der Waals surface area contributed by atoms with E-state index in [4.69, 9.17) is 10.8 Å². The minimum atomic E-state index is -1.12. The van der Waals surface area contributed by atoms with Gasteiger partial charge >= 0.3 is 5.97 Å². The summed E-state index contributed by atoms with van der Waals surface area (Å²) in [5.41, 5.74) is 5.64. The molecule has 0 radical (unpaired) electrons. The van der Waals surface area contributed by atoms with Crippen LogP contribution in [0.2, 0.25) is 0 Å². The van der Waals surface area contributed by atoms with Gasteiger partial charge in [0.1, 0.15) is 11.9 Å². The third kappa shape index (κ3) is 2.91. The monoisotopic (exact) mass is 309 g/mol. The number of nitrogens with two attached hydrogens (primary N) is 1. The summed E-state index contributed by atoms with van der Waals surface area (Å²) in [5, 5.41) is 8.55. The number of hydrogen-bond donors (Lipinski definition) is 2. The molecular formula is C9H9FINO2. The van der Waals surface area contributed by atoms with Crippen molar-refractivity contribution >= 4 is 28.6 Å². The first kappa shape index (κ1) is 11.4. The fourth-order valence-corrected chi connectivity index (χ4v) is 1.58. The summed E-state index contributed by atoms with van der Waals surface area (Å²) < 4.78 is 14.0. The normalized spacial score (nSPS) is 12.5. The SMILES string of the molecule is N[C@H](Cc1cc(I)ccc1F)C(=O)O. The summed E-state index contributed by atoms with van der Waals surface area (Å²) in [6.45, 7) is 0. The highest BCUT2D eigenvalue weighted by molar-refractivity contribution is 14.1. The fraction of sp³-hybridized carbons (Fsp3) is 0.222. The molecule has 0 amide bonds. The third-order valence-corrected chi connectivity index (χ3v) is 2.44. The number of carbonyl (C=O) groups is 1. The van der Waals surface area contributed by atoms with Crippen molar-refractivity contribution in [2.75, 3.05) is 0 Å². The molecule has 0 aromatic heterocycles. The Balaban J connectivity index is 2.85. The standard InChI is InChI=1S/C9H9FINO2/c10-7-2-1-6(11)3-5(7)4-8(12)9(13)14/h1-3,8H,4,12H2,(H,13,14)/t8-/m1/s1. The molecule has 5 heteroatoms. The van der Waals surface area contributed by atoms with E-state index in [9.17, 15) is 9.18 Å². The molecule has 0 fully saturated rings. The van der Waals surface area contributed by atoms with Crippen LogP contribution in [0.3, 0.4) is 0 Å². The number of carboxylic acids is 1. The Morgan fingerprint density at radius 3 is 2.86 bits per heavy atom. The summed E-state index contributed by atoms with van der Waals surface area (Å²) in [5.74, 6) is -1.54. The van der Waals surface area contributed by atoms with Gasteiger partial charge < -0.3 is 10.8 Å². The molecule has 0 aliphatic carbocycles. The molecule has 3 nitrogen and oxygen atoms in total. The van der Waals surface area contributed by atoms with Crippen LogP contribution in [0.1, 0.15) is 5.56 Å². The summed E-state index contributed by atoms with van der Waals surface area (Å²) in [4.78, 5) is 10.5. The van der Waals surface area contributed by atoms with Crippen LogP contribution >= 0.6 is 22.6 Å². The van der Waals surface area contributed by atoms with Crippen molar-refractivity contribution in [3.63, 3.8) is 0 Å². The molecule has 1 atom stereocenters. The molecular weight excluding hydrogens is 300 g/mol. The van der Waals surface area contributed by atoms with Gasteiger partial charge in [-0.15, -0.1) is 0 Å². The lowest BCUT2D eigenvalue weighted by Gasteiger charge is -2.07. The van der Waals surface area contributed by atoms with Crippen molar-refractivity contribution < 1.29 is 14.3 Å². The molecule has 0 bridgehead atoms. The average molecular weight is 309 g/mol. The molecule has 0 spiro atoms. The van der Waals surface area contributed by atoms with Crippen LogP contribution in [0.25, 0.3) is 0 Å². The van der Waals surface area contributed by atoms with E-state index < -0.39 is 17.8 Å². The van der Waals surface area contributed by atoms with Crippen LogP contribution in [0.5, 0.6) is 0 Å². The predicted octanol–water partition coefficient (Wildman–Crippen LogP) is 1.38. The second-order valence-electron chi connectivity index (χ2n) is 2.88. The van der Waals surface area contributed by atoms with Crippen molar-refractivity contribution in [2.24, 2.45) is 5.73 Å². The van der Waals surface area contributed by atoms with Gasteiger partial charge in [-0.25, -0.2) is 4.39 Å². The van der Waals surface area contributed by atoms with Gasteiger partial charge in [0, 0.05) is 9.99 Å². The summed E-state index contributed by atoms with van der Waals surface area (Å²) in [6, 6.07) is 3.47. The second-order valence-corrected chi connectivity index (χ2v) is 4.13. The maximum atomic E-state index is 13.1. The first-order valence-electron chi connectivity index (χ1n) is 3.93. The van der Waals surface area contributed by atoms with Gasteiger partial charge in [0.05, 0.1) is 0 Å². The minimum Gasteiger partial charge on any atom is -0.480 e. The maximum absolute atomic E-state index is 13.1. The zero-order valence-electron chi connectivity index (χ0n) is 7.21. The first-order valence-corrected chi connectivity index (χ1v) is 5.01. The minimum absolute atomic E-state index is 0.0119. The number of halogens is 2. The van der Waals surface area contributed by atoms with E-state index in [0.29, 0.717) is 5.56 Å². The van der Waals surface area contributed by atoms with Crippen LogP contribution in [-0.2, 0) is 11.2 Å². The molecule has 76 valence electrons. The van der Waals surface area contributed by atoms with Gasteiger partial charge in [-0.3, -0.25) is 4.79 Å². The molecule has 1 aromatic carbocycles. The number of rotatable bonds is 3. The quantitative estimate of drug-likeness (QED) is 0.829. The zero-order chi connectivity index (χ0) is 10.7. The van der Waals surface area contributed by atoms with Crippen molar-refractivity contribution in [3.05, 3.63) is 33.1 Å². The Kier molecular flexibility index (Phi) is 3.82. The van der Waals surface area contributed by atoms with Crippen LogP contribution in [0.15, 0.2) is 18.2 Å². The Labute approximate surface area is 94.2 Å². The van der Waals surface area contributed by atoms with Crippen molar-refractivity contribution in [1.82, 2.24) is 0 Å². The van der Waals surface area contributed by atoms with Gasteiger partial charge in [0.25, 0.3) is 0 Å². The highest BCUT2D eigenvalue weighted by Gasteiger charge is 2.14. The van der Waals surface area contributed by atoms with Gasteiger partial charge in [-0.2, -0.15) is 0 Å². The second kappa shape index (κ2) is 4.70. The van der Waals surface area contributed by atoms with E-state index in [-0.39, 0.29) is 6.42 Å². The summed E-state index contributed by atoms with van der Waals surface area (Å²) in [6.07, 6.45) is 0.0119. The number of hydrogen-bond acceptors (Lipinski definition) is 2. The first-order chi connectivity index (χ1) is 6.50. The molecule has 0 aliphatic heterocycles. The highest BCUT2D eigenvalue weighted by atomic mass is 127.